The molecule has 98 valence electrons. The molecule has 1 aromatic rings. The second-order valence-electron chi connectivity index (χ2n) is 4.95. The minimum absolute atomic E-state index is 0.458. The van der Waals surface area contributed by atoms with Crippen molar-refractivity contribution in [3.05, 3.63) is 28.2 Å². The number of ether oxygens (including phenoxy) is 1. The summed E-state index contributed by atoms with van der Waals surface area (Å²) in [5.74, 6) is 3.60. The highest BCUT2D eigenvalue weighted by Gasteiger charge is 2.24. The van der Waals surface area contributed by atoms with Gasteiger partial charge in [0, 0.05) is 27.9 Å². The third-order valence-corrected chi connectivity index (χ3v) is 5.27. The SMILES string of the molecule is Brc1ccc2c(c1)OCCCC2NC1CCSC1. The van der Waals surface area contributed by atoms with E-state index in [1.165, 1.54) is 29.9 Å². The molecule has 1 aromatic carbocycles. The zero-order valence-electron chi connectivity index (χ0n) is 10.3. The van der Waals surface area contributed by atoms with E-state index < -0.39 is 0 Å². The first-order valence-corrected chi connectivity index (χ1v) is 8.54. The highest BCUT2D eigenvalue weighted by Crippen LogP contribution is 2.34. The molecule has 4 heteroatoms. The summed E-state index contributed by atoms with van der Waals surface area (Å²) in [4.78, 5) is 0. The topological polar surface area (TPSA) is 21.3 Å². The molecule has 2 aliphatic rings. The Labute approximate surface area is 121 Å². The minimum Gasteiger partial charge on any atom is -0.493 e. The first-order valence-electron chi connectivity index (χ1n) is 6.59. The van der Waals surface area contributed by atoms with E-state index in [2.05, 4.69) is 51.2 Å². The molecule has 0 spiro atoms. The predicted octanol–water partition coefficient (Wildman–Crippen LogP) is 3.76. The van der Waals surface area contributed by atoms with Crippen LogP contribution in [0.2, 0.25) is 0 Å². The van der Waals surface area contributed by atoms with Crippen LogP contribution in [0.25, 0.3) is 0 Å². The molecule has 2 aliphatic heterocycles. The van der Waals surface area contributed by atoms with Gasteiger partial charge in [-0.1, -0.05) is 22.0 Å². The van der Waals surface area contributed by atoms with Gasteiger partial charge in [0.05, 0.1) is 6.61 Å². The van der Waals surface area contributed by atoms with Crippen molar-refractivity contribution >= 4 is 27.7 Å². The lowest BCUT2D eigenvalue weighted by molar-refractivity contribution is 0.314. The molecule has 0 amide bonds. The molecule has 2 unspecified atom stereocenters. The molecular weight excluding hydrogens is 310 g/mol. The van der Waals surface area contributed by atoms with Crippen molar-refractivity contribution in [1.29, 1.82) is 0 Å². The summed E-state index contributed by atoms with van der Waals surface area (Å²) in [6.45, 7) is 0.834. The Bertz CT molecular complexity index is 420. The van der Waals surface area contributed by atoms with Crippen LogP contribution in [0, 0.1) is 0 Å². The summed E-state index contributed by atoms with van der Waals surface area (Å²) in [6, 6.07) is 7.54. The Morgan fingerprint density at radius 1 is 1.33 bits per heavy atom. The maximum atomic E-state index is 5.85. The Balaban J connectivity index is 1.81. The molecule has 1 saturated heterocycles. The summed E-state index contributed by atoms with van der Waals surface area (Å²) < 4.78 is 6.94. The van der Waals surface area contributed by atoms with E-state index in [4.69, 9.17) is 4.74 Å². The lowest BCUT2D eigenvalue weighted by atomic mass is 10.0. The lowest BCUT2D eigenvalue weighted by Crippen LogP contribution is -2.32. The summed E-state index contributed by atoms with van der Waals surface area (Å²) in [5, 5.41) is 3.82. The molecule has 0 bridgehead atoms. The highest BCUT2D eigenvalue weighted by atomic mass is 79.9. The largest absolute Gasteiger partial charge is 0.493 e. The van der Waals surface area contributed by atoms with Crippen LogP contribution in [-0.4, -0.2) is 24.2 Å². The van der Waals surface area contributed by atoms with Crippen LogP contribution in [-0.2, 0) is 0 Å². The molecule has 1 N–H and O–H groups in total. The fraction of sp³-hybridized carbons (Fsp3) is 0.571. The van der Waals surface area contributed by atoms with Gasteiger partial charge in [0.2, 0.25) is 0 Å². The van der Waals surface area contributed by atoms with Crippen molar-refractivity contribution in [2.45, 2.75) is 31.3 Å². The van der Waals surface area contributed by atoms with Crippen molar-refractivity contribution in [3.63, 3.8) is 0 Å². The van der Waals surface area contributed by atoms with E-state index in [-0.39, 0.29) is 0 Å². The molecule has 0 aliphatic carbocycles. The van der Waals surface area contributed by atoms with E-state index in [9.17, 15) is 0 Å². The van der Waals surface area contributed by atoms with E-state index in [0.717, 1.165) is 23.2 Å². The quantitative estimate of drug-likeness (QED) is 0.893. The molecular formula is C14H18BrNOS. The Morgan fingerprint density at radius 3 is 3.11 bits per heavy atom. The predicted molar refractivity (Wildman–Crippen MR) is 80.5 cm³/mol. The van der Waals surface area contributed by atoms with Gasteiger partial charge >= 0.3 is 0 Å². The van der Waals surface area contributed by atoms with Crippen molar-refractivity contribution < 1.29 is 4.74 Å². The molecule has 0 radical (unpaired) electrons. The highest BCUT2D eigenvalue weighted by molar-refractivity contribution is 9.10. The lowest BCUT2D eigenvalue weighted by Gasteiger charge is -2.22. The maximum Gasteiger partial charge on any atom is 0.125 e. The fourth-order valence-electron chi connectivity index (χ4n) is 2.67. The third-order valence-electron chi connectivity index (χ3n) is 3.61. The average Bonchev–Trinajstić information content (AvgIpc) is 2.79. The second-order valence-corrected chi connectivity index (χ2v) is 7.02. The number of halogens is 1. The van der Waals surface area contributed by atoms with E-state index in [0.29, 0.717) is 12.1 Å². The minimum atomic E-state index is 0.458. The zero-order chi connectivity index (χ0) is 12.4. The van der Waals surface area contributed by atoms with Crippen LogP contribution < -0.4 is 10.1 Å². The molecule has 0 saturated carbocycles. The Kier molecular flexibility index (Phi) is 4.16. The summed E-state index contributed by atoms with van der Waals surface area (Å²) in [7, 11) is 0. The van der Waals surface area contributed by atoms with Gasteiger partial charge in [-0.2, -0.15) is 11.8 Å². The Morgan fingerprint density at radius 2 is 2.28 bits per heavy atom. The van der Waals surface area contributed by atoms with Crippen molar-refractivity contribution in [2.24, 2.45) is 0 Å². The number of fused-ring (bicyclic) bond motifs is 1. The second kappa shape index (κ2) is 5.85. The van der Waals surface area contributed by atoms with Gasteiger partial charge in [-0.3, -0.25) is 0 Å². The van der Waals surface area contributed by atoms with E-state index in [1.54, 1.807) is 0 Å². The van der Waals surface area contributed by atoms with Crippen molar-refractivity contribution in [2.75, 3.05) is 18.1 Å². The number of rotatable bonds is 2. The number of hydrogen-bond donors (Lipinski definition) is 1. The van der Waals surface area contributed by atoms with E-state index in [1.807, 2.05) is 0 Å². The monoisotopic (exact) mass is 327 g/mol. The number of benzene rings is 1. The van der Waals surface area contributed by atoms with Gasteiger partial charge in [0.15, 0.2) is 0 Å². The van der Waals surface area contributed by atoms with E-state index >= 15 is 0 Å². The van der Waals surface area contributed by atoms with Crippen LogP contribution in [0.4, 0.5) is 0 Å². The van der Waals surface area contributed by atoms with Crippen LogP contribution in [0.1, 0.15) is 30.9 Å². The molecule has 2 nitrogen and oxygen atoms in total. The summed E-state index contributed by atoms with van der Waals surface area (Å²) in [6.07, 6.45) is 3.60. The van der Waals surface area contributed by atoms with Crippen LogP contribution >= 0.6 is 27.7 Å². The maximum absolute atomic E-state index is 5.85. The van der Waals surface area contributed by atoms with Gasteiger partial charge < -0.3 is 10.1 Å². The Hall–Kier alpha value is -0.190. The van der Waals surface area contributed by atoms with Crippen molar-refractivity contribution in [3.8, 4) is 5.75 Å². The molecule has 2 atom stereocenters. The number of hydrogen-bond acceptors (Lipinski definition) is 3. The average molecular weight is 328 g/mol. The summed E-state index contributed by atoms with van der Waals surface area (Å²) >= 11 is 5.58. The molecule has 18 heavy (non-hydrogen) atoms. The normalized spacial score (nSPS) is 27.4. The van der Waals surface area contributed by atoms with Crippen molar-refractivity contribution in [1.82, 2.24) is 5.32 Å². The third kappa shape index (κ3) is 2.86. The standard InChI is InChI=1S/C14H18BrNOS/c15-10-3-4-12-13(16-11-5-7-18-9-11)2-1-6-17-14(12)8-10/h3-4,8,11,13,16H,1-2,5-7,9H2. The summed E-state index contributed by atoms with van der Waals surface area (Å²) in [5.41, 5.74) is 1.33. The van der Waals surface area contributed by atoms with Crippen LogP contribution in [0.5, 0.6) is 5.75 Å². The number of nitrogens with one attached hydrogen (secondary N) is 1. The van der Waals surface area contributed by atoms with Crippen LogP contribution in [0.3, 0.4) is 0 Å². The zero-order valence-corrected chi connectivity index (χ0v) is 12.7. The molecule has 1 fully saturated rings. The number of thioether (sulfide) groups is 1. The van der Waals surface area contributed by atoms with Gasteiger partial charge in [0.25, 0.3) is 0 Å². The van der Waals surface area contributed by atoms with Gasteiger partial charge in [-0.25, -0.2) is 0 Å². The fourth-order valence-corrected chi connectivity index (χ4v) is 4.18. The van der Waals surface area contributed by atoms with Crippen LogP contribution in [0.15, 0.2) is 22.7 Å². The first kappa shape index (κ1) is 12.8. The molecule has 0 aromatic heterocycles. The van der Waals surface area contributed by atoms with Gasteiger partial charge in [0.1, 0.15) is 5.75 Å². The van der Waals surface area contributed by atoms with Gasteiger partial charge in [-0.05, 0) is 37.1 Å². The molecule has 3 rings (SSSR count). The van der Waals surface area contributed by atoms with Gasteiger partial charge in [-0.15, -0.1) is 0 Å². The smallest absolute Gasteiger partial charge is 0.125 e. The molecule has 2 heterocycles. The first-order chi connectivity index (χ1) is 8.83.